The van der Waals surface area contributed by atoms with Crippen molar-refractivity contribution >= 4 is 0 Å². The summed E-state index contributed by atoms with van der Waals surface area (Å²) in [6.45, 7) is 0. The first kappa shape index (κ1) is 6.87. The predicted molar refractivity (Wildman–Crippen MR) is 24.8 cm³/mol. The van der Waals surface area contributed by atoms with Gasteiger partial charge in [0.15, 0.2) is 0 Å². The normalized spacial score (nSPS) is 12.6. The first-order valence-corrected chi connectivity index (χ1v) is 1.83. The Labute approximate surface area is 59.1 Å². The van der Waals surface area contributed by atoms with Gasteiger partial charge in [0.1, 0.15) is 0 Å². The SMILES string of the molecule is [Ag+].[C+]1=CC=CC=[C-]1. The van der Waals surface area contributed by atoms with Gasteiger partial charge in [-0.05, 0) is 6.08 Å². The van der Waals surface area contributed by atoms with Gasteiger partial charge in [0.2, 0.25) is 0 Å². The molecule has 0 radical (unpaired) electrons. The molecule has 0 amide bonds. The van der Waals surface area contributed by atoms with Gasteiger partial charge in [-0.25, -0.2) is 0 Å². The molecule has 0 spiro atoms. The molecule has 0 fully saturated rings. The van der Waals surface area contributed by atoms with Gasteiger partial charge in [-0.15, -0.1) is 0 Å². The van der Waals surface area contributed by atoms with Crippen LogP contribution in [0.1, 0.15) is 0 Å². The molecule has 0 unspecified atom stereocenters. The van der Waals surface area contributed by atoms with E-state index in [4.69, 9.17) is 0 Å². The van der Waals surface area contributed by atoms with Gasteiger partial charge in [-0.1, -0.05) is 24.3 Å². The first-order chi connectivity index (χ1) is 3.00. The van der Waals surface area contributed by atoms with Gasteiger partial charge in [0.05, 0.1) is 0 Å². The van der Waals surface area contributed by atoms with E-state index in [-0.39, 0.29) is 22.4 Å². The van der Waals surface area contributed by atoms with Crippen LogP contribution in [-0.4, -0.2) is 0 Å². The maximum atomic E-state index is 2.77. The van der Waals surface area contributed by atoms with Gasteiger partial charge < -0.3 is 0 Å². The molecule has 0 saturated carbocycles. The van der Waals surface area contributed by atoms with Crippen molar-refractivity contribution in [3.63, 3.8) is 0 Å². The zero-order chi connectivity index (χ0) is 4.24. The average Bonchev–Trinajstić information content (AvgIpc) is 1.72. The molecule has 0 heterocycles. The Balaban J connectivity index is 0.000000360. The summed E-state index contributed by atoms with van der Waals surface area (Å²) in [5, 5.41) is 0. The Hall–Kier alpha value is -0.130. The fourth-order valence-corrected chi connectivity index (χ4v) is 0.304. The Morgan fingerprint density at radius 1 is 1.29 bits per heavy atom. The standard InChI is InChI=1S/C6H4.Ag/c1-2-4-6-5-3-1;/h1-4H;/q;+1. The van der Waals surface area contributed by atoms with Crippen molar-refractivity contribution in [2.24, 2.45) is 0 Å². The van der Waals surface area contributed by atoms with Crippen LogP contribution in [-0.2, 0) is 22.4 Å². The number of allylic oxidation sites excluding steroid dienone is 6. The molecule has 0 N–H and O–H groups in total. The second-order valence-electron chi connectivity index (χ2n) is 1.01. The topological polar surface area (TPSA) is 0 Å². The van der Waals surface area contributed by atoms with Gasteiger partial charge in [-0.3, -0.25) is 0 Å². The molecule has 38 valence electrons. The molecule has 7 heavy (non-hydrogen) atoms. The molecule has 1 heteroatoms. The van der Waals surface area contributed by atoms with E-state index < -0.39 is 0 Å². The molecule has 0 saturated heterocycles. The summed E-state index contributed by atoms with van der Waals surface area (Å²) in [5.41, 5.74) is 0. The summed E-state index contributed by atoms with van der Waals surface area (Å²) >= 11 is 0. The van der Waals surface area contributed by atoms with Gasteiger partial charge in [0.25, 0.3) is 0 Å². The third-order valence-corrected chi connectivity index (χ3v) is 0.554. The fourth-order valence-electron chi connectivity index (χ4n) is 0.304. The molecular formula is C6H4Ag+. The van der Waals surface area contributed by atoms with Crippen LogP contribution in [0.4, 0.5) is 0 Å². The van der Waals surface area contributed by atoms with E-state index >= 15 is 0 Å². The molecule has 0 nitrogen and oxygen atoms in total. The van der Waals surface area contributed by atoms with Crippen molar-refractivity contribution in [1.29, 1.82) is 0 Å². The quantitative estimate of drug-likeness (QED) is 0.392. The van der Waals surface area contributed by atoms with E-state index in [9.17, 15) is 0 Å². The minimum absolute atomic E-state index is 0. The monoisotopic (exact) mass is 183 g/mol. The summed E-state index contributed by atoms with van der Waals surface area (Å²) in [4.78, 5) is 0. The van der Waals surface area contributed by atoms with Crippen molar-refractivity contribution in [2.75, 3.05) is 0 Å². The van der Waals surface area contributed by atoms with Crippen molar-refractivity contribution in [1.82, 2.24) is 0 Å². The molecule has 0 bridgehead atoms. The minimum atomic E-state index is 0. The van der Waals surface area contributed by atoms with E-state index in [1.807, 2.05) is 24.3 Å². The van der Waals surface area contributed by atoms with E-state index in [2.05, 4.69) is 12.2 Å². The van der Waals surface area contributed by atoms with E-state index in [0.717, 1.165) is 0 Å². The summed E-state index contributed by atoms with van der Waals surface area (Å²) in [5.74, 6) is 0. The predicted octanol–water partition coefficient (Wildman–Crippen LogP) is 1.27. The van der Waals surface area contributed by atoms with Crippen LogP contribution < -0.4 is 0 Å². The fraction of sp³-hybridized carbons (Fsp3) is 0. The molecule has 1 aliphatic rings. The van der Waals surface area contributed by atoms with Crippen LogP contribution in [0.25, 0.3) is 0 Å². The largest absolute Gasteiger partial charge is 1.00 e. The van der Waals surface area contributed by atoms with Crippen LogP contribution in [0.15, 0.2) is 24.3 Å². The Bertz CT molecular complexity index is 73.6. The molecule has 0 aromatic heterocycles. The van der Waals surface area contributed by atoms with Gasteiger partial charge >= 0.3 is 22.4 Å². The summed E-state index contributed by atoms with van der Waals surface area (Å²) in [7, 11) is 0. The van der Waals surface area contributed by atoms with Crippen molar-refractivity contribution < 1.29 is 22.4 Å². The second kappa shape index (κ2) is 4.04. The summed E-state index contributed by atoms with van der Waals surface area (Å²) < 4.78 is 0. The van der Waals surface area contributed by atoms with Crippen LogP contribution in [0, 0.1) is 12.2 Å². The zero-order valence-corrected chi connectivity index (χ0v) is 5.09. The van der Waals surface area contributed by atoms with Crippen molar-refractivity contribution in [2.45, 2.75) is 0 Å². The molecule has 0 aliphatic heterocycles. The first-order valence-electron chi connectivity index (χ1n) is 1.83. The maximum absolute atomic E-state index is 2.77. The maximum Gasteiger partial charge on any atom is 1.00 e. The molecule has 0 aromatic rings. The van der Waals surface area contributed by atoms with E-state index in [1.165, 1.54) is 0 Å². The zero-order valence-electron chi connectivity index (χ0n) is 3.61. The Morgan fingerprint density at radius 3 is 2.29 bits per heavy atom. The van der Waals surface area contributed by atoms with Crippen LogP contribution in [0.2, 0.25) is 0 Å². The van der Waals surface area contributed by atoms with Crippen molar-refractivity contribution in [3.05, 3.63) is 36.5 Å². The van der Waals surface area contributed by atoms with E-state index in [0.29, 0.717) is 0 Å². The summed E-state index contributed by atoms with van der Waals surface area (Å²) in [6.07, 6.45) is 13.0. The van der Waals surface area contributed by atoms with Gasteiger partial charge in [0, 0.05) is 6.08 Å². The third kappa shape index (κ3) is 2.55. The Kier molecular flexibility index (Phi) is 3.97. The molecule has 1 rings (SSSR count). The van der Waals surface area contributed by atoms with Gasteiger partial charge in [-0.2, -0.15) is 0 Å². The second-order valence-corrected chi connectivity index (χ2v) is 1.01. The van der Waals surface area contributed by atoms with E-state index in [1.54, 1.807) is 0 Å². The molecule has 0 atom stereocenters. The molecule has 0 aromatic carbocycles. The molecular weight excluding hydrogens is 180 g/mol. The van der Waals surface area contributed by atoms with Crippen LogP contribution in [0.3, 0.4) is 0 Å². The molecule has 1 aliphatic carbocycles. The summed E-state index contributed by atoms with van der Waals surface area (Å²) in [6, 6.07) is 0. The number of hydrogen-bond donors (Lipinski definition) is 0. The van der Waals surface area contributed by atoms with Crippen LogP contribution in [0.5, 0.6) is 0 Å². The van der Waals surface area contributed by atoms with Crippen molar-refractivity contribution in [3.8, 4) is 0 Å². The number of rotatable bonds is 0. The minimum Gasteiger partial charge on any atom is -0.0965 e. The Morgan fingerprint density at radius 2 is 2.14 bits per heavy atom. The average molecular weight is 184 g/mol. The smallest absolute Gasteiger partial charge is 0.0965 e. The third-order valence-electron chi connectivity index (χ3n) is 0.554. The number of hydrogen-bond acceptors (Lipinski definition) is 0. The van der Waals surface area contributed by atoms with Crippen LogP contribution >= 0.6 is 0 Å².